The number of hydrogen-bond donors (Lipinski definition) is 0. The Kier molecular flexibility index (Phi) is 7.85. The molecule has 1 fully saturated rings. The number of nitrogens with zero attached hydrogens (tertiary/aromatic N) is 5. The number of piperazine rings is 1. The highest BCUT2D eigenvalue weighted by Crippen LogP contribution is 2.33. The van der Waals surface area contributed by atoms with E-state index in [0.717, 1.165) is 31.9 Å². The molecule has 1 atom stereocenters. The van der Waals surface area contributed by atoms with E-state index in [1.807, 2.05) is 30.3 Å². The number of benzene rings is 2. The lowest BCUT2D eigenvalue weighted by Crippen LogP contribution is -2.48. The summed E-state index contributed by atoms with van der Waals surface area (Å²) in [6.07, 6.45) is -2.71. The summed E-state index contributed by atoms with van der Waals surface area (Å²) in [7, 11) is -0.502. The van der Waals surface area contributed by atoms with Crippen molar-refractivity contribution >= 4 is 33.8 Å². The first-order chi connectivity index (χ1) is 16.3. The van der Waals surface area contributed by atoms with Crippen molar-refractivity contribution in [2.75, 3.05) is 30.5 Å². The second kappa shape index (κ2) is 10.8. The standard InChI is InChI=1S/C25H30F3N5S/c1-18(2)31-11-13-32(14-12-31)34(3)33(21-7-5-4-6-8-21)17-20-10-9-19(15-22(20)26)23-16-24(25(27)28)30-29-23/h4-10,15,18,25H,3,11-14,16-17H2,1-2H3. The summed E-state index contributed by atoms with van der Waals surface area (Å²) in [4.78, 5) is 2.45. The van der Waals surface area contributed by atoms with Crippen LogP contribution in [0.2, 0.25) is 0 Å². The molecule has 182 valence electrons. The van der Waals surface area contributed by atoms with E-state index in [4.69, 9.17) is 0 Å². The van der Waals surface area contributed by atoms with E-state index >= 15 is 4.39 Å². The van der Waals surface area contributed by atoms with Crippen LogP contribution < -0.4 is 4.31 Å². The third kappa shape index (κ3) is 5.59. The van der Waals surface area contributed by atoms with Crippen LogP contribution in [-0.4, -0.2) is 65.1 Å². The van der Waals surface area contributed by atoms with Crippen molar-refractivity contribution in [3.63, 3.8) is 0 Å². The lowest BCUT2D eigenvalue weighted by atomic mass is 10.0. The Morgan fingerprint density at radius 3 is 2.32 bits per heavy atom. The highest BCUT2D eigenvalue weighted by atomic mass is 32.2. The van der Waals surface area contributed by atoms with Gasteiger partial charge in [-0.15, -0.1) is 0 Å². The normalized spacial score (nSPS) is 18.3. The first-order valence-corrected chi connectivity index (χ1v) is 12.7. The predicted octanol–water partition coefficient (Wildman–Crippen LogP) is 5.20. The van der Waals surface area contributed by atoms with Crippen LogP contribution in [0.15, 0.2) is 58.7 Å². The fourth-order valence-corrected chi connectivity index (χ4v) is 5.63. The van der Waals surface area contributed by atoms with Crippen LogP contribution >= 0.6 is 10.9 Å². The second-order valence-corrected chi connectivity index (χ2v) is 10.3. The average molecular weight is 490 g/mol. The van der Waals surface area contributed by atoms with Crippen LogP contribution in [-0.2, 0) is 6.54 Å². The Morgan fingerprint density at radius 1 is 1.03 bits per heavy atom. The van der Waals surface area contributed by atoms with Crippen LogP contribution in [0.5, 0.6) is 0 Å². The van der Waals surface area contributed by atoms with Crippen molar-refractivity contribution in [1.82, 2.24) is 9.21 Å². The molecule has 0 bridgehead atoms. The maximum absolute atomic E-state index is 15.2. The van der Waals surface area contributed by atoms with E-state index < -0.39 is 23.1 Å². The summed E-state index contributed by atoms with van der Waals surface area (Å²) in [5, 5.41) is 7.36. The van der Waals surface area contributed by atoms with Crippen molar-refractivity contribution in [3.8, 4) is 0 Å². The van der Waals surface area contributed by atoms with Gasteiger partial charge in [0.2, 0.25) is 0 Å². The van der Waals surface area contributed by atoms with Gasteiger partial charge >= 0.3 is 0 Å². The van der Waals surface area contributed by atoms with Gasteiger partial charge in [-0.05, 0) is 48.8 Å². The number of anilines is 1. The van der Waals surface area contributed by atoms with Gasteiger partial charge in [0.1, 0.15) is 11.5 Å². The zero-order valence-corrected chi connectivity index (χ0v) is 20.3. The monoisotopic (exact) mass is 489 g/mol. The Morgan fingerprint density at radius 2 is 1.74 bits per heavy atom. The molecule has 9 heteroatoms. The Bertz CT molecular complexity index is 1080. The summed E-state index contributed by atoms with van der Waals surface area (Å²) in [6, 6.07) is 15.2. The summed E-state index contributed by atoms with van der Waals surface area (Å²) in [5.41, 5.74) is 2.05. The zero-order chi connectivity index (χ0) is 24.2. The minimum absolute atomic E-state index is 0.0582. The van der Waals surface area contributed by atoms with Crippen LogP contribution in [0.4, 0.5) is 18.9 Å². The molecule has 0 N–H and O–H groups in total. The molecule has 1 saturated heterocycles. The molecule has 2 aromatic rings. The third-order valence-corrected chi connectivity index (χ3v) is 8.01. The van der Waals surface area contributed by atoms with Gasteiger partial charge in [0.25, 0.3) is 6.43 Å². The van der Waals surface area contributed by atoms with Crippen LogP contribution in [0.25, 0.3) is 0 Å². The number of alkyl halides is 2. The number of hydrogen-bond acceptors (Lipinski definition) is 5. The first kappa shape index (κ1) is 24.6. The second-order valence-electron chi connectivity index (χ2n) is 8.69. The SMILES string of the molecule is C=S(N1CCN(C(C)C)CC1)N(Cc1ccc(C2=NN=C(C(F)F)C2)cc1F)c1ccccc1. The van der Waals surface area contributed by atoms with Gasteiger partial charge in [-0.25, -0.2) is 17.5 Å². The fourth-order valence-electron chi connectivity index (χ4n) is 4.11. The molecule has 0 spiro atoms. The van der Waals surface area contributed by atoms with Crippen molar-refractivity contribution in [3.05, 3.63) is 65.5 Å². The molecule has 1 unspecified atom stereocenters. The van der Waals surface area contributed by atoms with E-state index in [9.17, 15) is 8.78 Å². The quantitative estimate of drug-likeness (QED) is 0.478. The molecule has 0 saturated carbocycles. The molecule has 5 nitrogen and oxygen atoms in total. The molecule has 0 amide bonds. The van der Waals surface area contributed by atoms with E-state index in [1.54, 1.807) is 12.1 Å². The smallest absolute Gasteiger partial charge is 0.278 e. The largest absolute Gasteiger partial charge is 0.306 e. The summed E-state index contributed by atoms with van der Waals surface area (Å²) in [6.45, 7) is 8.53. The van der Waals surface area contributed by atoms with Crippen molar-refractivity contribution in [2.45, 2.75) is 39.3 Å². The minimum atomic E-state index is -2.65. The Labute approximate surface area is 201 Å². The van der Waals surface area contributed by atoms with Gasteiger partial charge in [-0.3, -0.25) is 4.90 Å². The zero-order valence-electron chi connectivity index (χ0n) is 19.5. The topological polar surface area (TPSA) is 34.4 Å². The molecule has 0 aliphatic carbocycles. The van der Waals surface area contributed by atoms with E-state index in [2.05, 4.69) is 43.4 Å². The van der Waals surface area contributed by atoms with Gasteiger partial charge in [0.05, 0.1) is 12.3 Å². The Hall–Kier alpha value is -2.49. The molecule has 2 aliphatic heterocycles. The molecule has 34 heavy (non-hydrogen) atoms. The minimum Gasteiger partial charge on any atom is -0.306 e. The third-order valence-electron chi connectivity index (χ3n) is 6.20. The van der Waals surface area contributed by atoms with Gasteiger partial charge in [0, 0.05) is 55.5 Å². The molecular formula is C25H30F3N5S. The van der Waals surface area contributed by atoms with Crippen LogP contribution in [0.3, 0.4) is 0 Å². The van der Waals surface area contributed by atoms with Crippen LogP contribution in [0.1, 0.15) is 31.4 Å². The van der Waals surface area contributed by atoms with Gasteiger partial charge in [0.15, 0.2) is 0 Å². The van der Waals surface area contributed by atoms with E-state index in [0.29, 0.717) is 29.4 Å². The predicted molar refractivity (Wildman–Crippen MR) is 137 cm³/mol. The van der Waals surface area contributed by atoms with E-state index in [-0.39, 0.29) is 12.1 Å². The molecule has 0 radical (unpaired) electrons. The molecular weight excluding hydrogens is 459 g/mol. The molecule has 4 rings (SSSR count). The number of halogens is 3. The summed E-state index contributed by atoms with van der Waals surface area (Å²) < 4.78 is 45.4. The van der Waals surface area contributed by atoms with Crippen molar-refractivity contribution < 1.29 is 13.2 Å². The summed E-state index contributed by atoms with van der Waals surface area (Å²) >= 11 is 0. The maximum Gasteiger partial charge on any atom is 0.278 e. The van der Waals surface area contributed by atoms with Crippen LogP contribution in [0, 0.1) is 5.82 Å². The lowest BCUT2D eigenvalue weighted by molar-refractivity contribution is 0.160. The number of rotatable bonds is 8. The average Bonchev–Trinajstić information content (AvgIpc) is 3.34. The van der Waals surface area contributed by atoms with Gasteiger partial charge in [-0.1, -0.05) is 30.3 Å². The fraction of sp³-hybridized carbons (Fsp3) is 0.400. The maximum atomic E-state index is 15.2. The highest BCUT2D eigenvalue weighted by Gasteiger charge is 2.25. The Balaban J connectivity index is 1.52. The van der Waals surface area contributed by atoms with E-state index in [1.165, 1.54) is 6.07 Å². The number of para-hydroxylation sites is 1. The lowest BCUT2D eigenvalue weighted by Gasteiger charge is -2.41. The van der Waals surface area contributed by atoms with Crippen molar-refractivity contribution in [1.29, 1.82) is 0 Å². The molecule has 2 aromatic carbocycles. The van der Waals surface area contributed by atoms with Gasteiger partial charge in [-0.2, -0.15) is 10.2 Å². The van der Waals surface area contributed by atoms with Crippen molar-refractivity contribution in [2.24, 2.45) is 10.2 Å². The molecule has 2 aliphatic rings. The molecule has 0 aromatic heterocycles. The van der Waals surface area contributed by atoms with Gasteiger partial charge < -0.3 is 4.31 Å². The summed E-state index contributed by atoms with van der Waals surface area (Å²) in [5.74, 6) is 4.08. The first-order valence-electron chi connectivity index (χ1n) is 11.4. The molecule has 2 heterocycles. The highest BCUT2D eigenvalue weighted by molar-refractivity contribution is 8.13.